The van der Waals surface area contributed by atoms with Crippen LogP contribution in [-0.4, -0.2) is 68.5 Å². The van der Waals surface area contributed by atoms with Crippen molar-refractivity contribution in [1.82, 2.24) is 9.80 Å². The van der Waals surface area contributed by atoms with Gasteiger partial charge in [-0.05, 0) is 50.4 Å². The Hall–Kier alpha value is -1.50. The van der Waals surface area contributed by atoms with E-state index in [4.69, 9.17) is 33.9 Å². The molecule has 2 aliphatic heterocycles. The molecule has 12 heteroatoms. The summed E-state index contributed by atoms with van der Waals surface area (Å²) in [4.78, 5) is 53.6. The molecule has 2 saturated heterocycles. The number of thioether (sulfide) groups is 2. The van der Waals surface area contributed by atoms with Crippen molar-refractivity contribution in [2.75, 3.05) is 26.3 Å². The van der Waals surface area contributed by atoms with Crippen molar-refractivity contribution in [3.63, 3.8) is 0 Å². The number of amides is 2. The van der Waals surface area contributed by atoms with Gasteiger partial charge in [-0.3, -0.25) is 29.0 Å². The summed E-state index contributed by atoms with van der Waals surface area (Å²) in [6.45, 7) is 10.1. The van der Waals surface area contributed by atoms with Gasteiger partial charge < -0.3 is 9.47 Å². The van der Waals surface area contributed by atoms with Gasteiger partial charge in [0.05, 0.1) is 23.0 Å². The van der Waals surface area contributed by atoms with E-state index in [-0.39, 0.29) is 23.8 Å². The molecular formula is C28H42N2O6S4. The normalized spacial score (nSPS) is 17.6. The van der Waals surface area contributed by atoms with Gasteiger partial charge >= 0.3 is 11.9 Å². The molecule has 2 fully saturated rings. The Bertz CT molecular complexity index is 906. The Morgan fingerprint density at radius 1 is 0.675 bits per heavy atom. The second-order valence-corrected chi connectivity index (χ2v) is 14.0. The predicted octanol–water partition coefficient (Wildman–Crippen LogP) is 6.22. The molecule has 0 spiro atoms. The maximum atomic E-state index is 13.1. The van der Waals surface area contributed by atoms with Crippen LogP contribution in [0.4, 0.5) is 0 Å². The van der Waals surface area contributed by atoms with Gasteiger partial charge in [0.1, 0.15) is 8.64 Å². The smallest absolute Gasteiger partial charge is 0.305 e. The summed E-state index contributed by atoms with van der Waals surface area (Å²) in [5.41, 5.74) is 0. The molecule has 0 radical (unpaired) electrons. The summed E-state index contributed by atoms with van der Waals surface area (Å²) in [6, 6.07) is 0. The molecule has 0 bridgehead atoms. The zero-order valence-corrected chi connectivity index (χ0v) is 27.3. The van der Waals surface area contributed by atoms with Crippen LogP contribution in [-0.2, 0) is 28.7 Å². The molecule has 0 N–H and O–H groups in total. The van der Waals surface area contributed by atoms with E-state index in [1.54, 1.807) is 0 Å². The number of ether oxygens (including phenoxy) is 2. The first kappa shape index (κ1) is 34.7. The lowest BCUT2D eigenvalue weighted by molar-refractivity contribution is -0.145. The Kier molecular flexibility index (Phi) is 15.7. The minimum atomic E-state index is -0.264. The van der Waals surface area contributed by atoms with Crippen molar-refractivity contribution in [3.8, 4) is 0 Å². The maximum absolute atomic E-state index is 13.1. The van der Waals surface area contributed by atoms with E-state index in [0.29, 0.717) is 95.1 Å². The number of hydrogen-bond donors (Lipinski definition) is 0. The maximum Gasteiger partial charge on any atom is 0.305 e. The molecule has 0 aromatic heterocycles. The average molecular weight is 631 g/mol. The monoisotopic (exact) mass is 630 g/mol. The topological polar surface area (TPSA) is 93.2 Å². The number of esters is 2. The van der Waals surface area contributed by atoms with Crippen molar-refractivity contribution in [1.29, 1.82) is 0 Å². The first-order valence-corrected chi connectivity index (χ1v) is 16.6. The third-order valence-corrected chi connectivity index (χ3v) is 9.37. The molecule has 40 heavy (non-hydrogen) atoms. The molecule has 0 atom stereocenters. The van der Waals surface area contributed by atoms with Crippen molar-refractivity contribution < 1.29 is 28.7 Å². The molecule has 2 amide bonds. The fourth-order valence-electron chi connectivity index (χ4n) is 3.85. The highest BCUT2D eigenvalue weighted by Crippen LogP contribution is 2.42. The summed E-state index contributed by atoms with van der Waals surface area (Å²) in [5, 5.41) is 0. The van der Waals surface area contributed by atoms with Gasteiger partial charge in [0.15, 0.2) is 0 Å². The van der Waals surface area contributed by atoms with Crippen LogP contribution in [0.5, 0.6) is 0 Å². The van der Waals surface area contributed by atoms with Crippen LogP contribution in [0, 0.1) is 11.8 Å². The zero-order chi connectivity index (χ0) is 29.7. The van der Waals surface area contributed by atoms with Gasteiger partial charge in [0.25, 0.3) is 11.8 Å². The summed E-state index contributed by atoms with van der Waals surface area (Å²) >= 11 is 13.1. The van der Waals surface area contributed by atoms with E-state index >= 15 is 0 Å². The van der Waals surface area contributed by atoms with Gasteiger partial charge in [-0.2, -0.15) is 0 Å². The highest BCUT2D eigenvalue weighted by molar-refractivity contribution is 8.29. The van der Waals surface area contributed by atoms with Crippen LogP contribution >= 0.6 is 48.0 Å². The van der Waals surface area contributed by atoms with Crippen molar-refractivity contribution in [2.24, 2.45) is 11.8 Å². The quantitative estimate of drug-likeness (QED) is 0.0752. The molecule has 0 unspecified atom stereocenters. The minimum absolute atomic E-state index is 0.187. The molecule has 2 heterocycles. The third kappa shape index (κ3) is 11.8. The highest BCUT2D eigenvalue weighted by atomic mass is 32.2. The lowest BCUT2D eigenvalue weighted by Crippen LogP contribution is -2.31. The van der Waals surface area contributed by atoms with E-state index in [1.807, 2.05) is 0 Å². The van der Waals surface area contributed by atoms with E-state index in [9.17, 15) is 19.2 Å². The van der Waals surface area contributed by atoms with Crippen LogP contribution in [0.1, 0.15) is 91.9 Å². The Labute approximate surface area is 257 Å². The number of hydrogen-bond acceptors (Lipinski definition) is 10. The lowest BCUT2D eigenvalue weighted by atomic mass is 10.1. The van der Waals surface area contributed by atoms with Crippen LogP contribution in [0.15, 0.2) is 9.81 Å². The Morgan fingerprint density at radius 2 is 1.05 bits per heavy atom. The predicted molar refractivity (Wildman–Crippen MR) is 169 cm³/mol. The molecule has 8 nitrogen and oxygen atoms in total. The Balaban J connectivity index is 1.74. The second kappa shape index (κ2) is 18.1. The summed E-state index contributed by atoms with van der Waals surface area (Å²) in [6.07, 6.45) is 6.75. The Morgan fingerprint density at radius 3 is 1.40 bits per heavy atom. The number of carbonyl (C=O) groups is 4. The molecule has 224 valence electrons. The van der Waals surface area contributed by atoms with Gasteiger partial charge in [-0.15, -0.1) is 0 Å². The fourth-order valence-corrected chi connectivity index (χ4v) is 6.62. The van der Waals surface area contributed by atoms with Crippen molar-refractivity contribution >= 4 is 80.4 Å². The molecular weight excluding hydrogens is 589 g/mol. The third-order valence-electron chi connectivity index (χ3n) is 6.35. The molecule has 2 aliphatic rings. The van der Waals surface area contributed by atoms with Crippen molar-refractivity contribution in [2.45, 2.75) is 91.9 Å². The van der Waals surface area contributed by atoms with Crippen LogP contribution < -0.4 is 0 Å². The number of carbonyl (C=O) groups excluding carboxylic acids is 4. The van der Waals surface area contributed by atoms with E-state index in [1.165, 1.54) is 9.80 Å². The standard InChI is InChI=1S/C28H42N2O6S4/c1-19(2)13-17-35-21(31)11-7-5-9-15-29-25(33)23(39-27(29)37)24-26(34)30(28(38)40-24)16-10-6-8-12-22(32)36-18-14-20(3)4/h19-20H,5-18H2,1-4H3/b24-23+. The number of thiocarbonyl (C=S) groups is 2. The highest BCUT2D eigenvalue weighted by Gasteiger charge is 2.41. The van der Waals surface area contributed by atoms with E-state index < -0.39 is 0 Å². The van der Waals surface area contributed by atoms with Gasteiger partial charge in [-0.1, -0.05) is 88.5 Å². The minimum Gasteiger partial charge on any atom is -0.466 e. The second-order valence-electron chi connectivity index (χ2n) is 10.7. The number of nitrogens with zero attached hydrogens (tertiary/aromatic N) is 2. The van der Waals surface area contributed by atoms with Crippen LogP contribution in [0.3, 0.4) is 0 Å². The molecule has 0 saturated carbocycles. The average Bonchev–Trinajstić information content (AvgIpc) is 3.32. The van der Waals surface area contributed by atoms with Crippen molar-refractivity contribution in [3.05, 3.63) is 9.81 Å². The van der Waals surface area contributed by atoms with Gasteiger partial charge in [0.2, 0.25) is 0 Å². The van der Waals surface area contributed by atoms with Gasteiger partial charge in [0, 0.05) is 25.9 Å². The number of unbranched alkanes of at least 4 members (excludes halogenated alkanes) is 4. The summed E-state index contributed by atoms with van der Waals surface area (Å²) in [5.74, 6) is 0.0914. The lowest BCUT2D eigenvalue weighted by Gasteiger charge is -2.14. The summed E-state index contributed by atoms with van der Waals surface area (Å²) < 4.78 is 11.3. The van der Waals surface area contributed by atoms with E-state index in [2.05, 4.69) is 27.7 Å². The molecule has 0 aliphatic carbocycles. The molecule has 0 aromatic rings. The first-order valence-electron chi connectivity index (χ1n) is 14.1. The van der Waals surface area contributed by atoms with E-state index in [0.717, 1.165) is 49.2 Å². The molecule has 0 aromatic carbocycles. The van der Waals surface area contributed by atoms with Crippen LogP contribution in [0.25, 0.3) is 0 Å². The SMILES string of the molecule is CC(C)CCOC(=O)CCCCCN1C(=O)/C(=C2\SC(=S)N(CCCCCC(=O)OCCC(C)C)C2=O)SC1=S. The zero-order valence-electron chi connectivity index (χ0n) is 24.0. The molecule has 2 rings (SSSR count). The van der Waals surface area contributed by atoms with Crippen LogP contribution in [0.2, 0.25) is 0 Å². The largest absolute Gasteiger partial charge is 0.466 e. The first-order chi connectivity index (χ1) is 19.0. The van der Waals surface area contributed by atoms with Gasteiger partial charge in [-0.25, -0.2) is 0 Å². The summed E-state index contributed by atoms with van der Waals surface area (Å²) in [7, 11) is 0. The number of rotatable bonds is 18. The fraction of sp³-hybridized carbons (Fsp3) is 0.714.